The standard InChI is InChI=1S/C25H27N3O3S/c1-27-15-17-28(18-16-27)32(30,31)24-13-7-20(8-14-24)19-26-25(29)23-11-9-22(10-12-23)21-5-3-2-4-6-21/h2-14H,15-19H2,1H3,(H,26,29). The second-order valence-electron chi connectivity index (χ2n) is 7.98. The third kappa shape index (κ3) is 5.07. The second-order valence-corrected chi connectivity index (χ2v) is 9.92. The van der Waals surface area contributed by atoms with Gasteiger partial charge in [0.1, 0.15) is 0 Å². The molecular weight excluding hydrogens is 422 g/mol. The number of hydrogen-bond acceptors (Lipinski definition) is 4. The van der Waals surface area contributed by atoms with Crippen molar-refractivity contribution in [1.82, 2.24) is 14.5 Å². The maximum absolute atomic E-state index is 12.8. The van der Waals surface area contributed by atoms with Crippen LogP contribution in [-0.2, 0) is 16.6 Å². The zero-order valence-corrected chi connectivity index (χ0v) is 18.9. The summed E-state index contributed by atoms with van der Waals surface area (Å²) in [6.45, 7) is 2.79. The molecule has 0 spiro atoms. The average Bonchev–Trinajstić information content (AvgIpc) is 2.84. The summed E-state index contributed by atoms with van der Waals surface area (Å²) in [7, 11) is -1.49. The summed E-state index contributed by atoms with van der Waals surface area (Å²) >= 11 is 0. The molecule has 0 radical (unpaired) electrons. The molecule has 1 N–H and O–H groups in total. The van der Waals surface area contributed by atoms with E-state index >= 15 is 0 Å². The van der Waals surface area contributed by atoms with Crippen molar-refractivity contribution in [2.45, 2.75) is 11.4 Å². The van der Waals surface area contributed by atoms with E-state index in [0.29, 0.717) is 25.2 Å². The van der Waals surface area contributed by atoms with E-state index < -0.39 is 10.0 Å². The first-order valence-corrected chi connectivity index (χ1v) is 12.1. The van der Waals surface area contributed by atoms with Crippen LogP contribution in [0.25, 0.3) is 11.1 Å². The van der Waals surface area contributed by atoms with Gasteiger partial charge in [0.2, 0.25) is 10.0 Å². The average molecular weight is 450 g/mol. The minimum absolute atomic E-state index is 0.168. The molecule has 7 heteroatoms. The lowest BCUT2D eigenvalue weighted by Crippen LogP contribution is -2.47. The third-order valence-corrected chi connectivity index (χ3v) is 7.64. The van der Waals surface area contributed by atoms with E-state index in [-0.39, 0.29) is 10.8 Å². The SMILES string of the molecule is CN1CCN(S(=O)(=O)c2ccc(CNC(=O)c3ccc(-c4ccccc4)cc3)cc2)CC1. The van der Waals surface area contributed by atoms with Gasteiger partial charge in [0.05, 0.1) is 4.90 Å². The smallest absolute Gasteiger partial charge is 0.251 e. The van der Waals surface area contributed by atoms with Crippen LogP contribution in [0.2, 0.25) is 0 Å². The molecule has 0 aromatic heterocycles. The van der Waals surface area contributed by atoms with Crippen LogP contribution in [0.15, 0.2) is 83.8 Å². The molecule has 32 heavy (non-hydrogen) atoms. The number of carbonyl (C=O) groups excluding carboxylic acids is 1. The molecule has 6 nitrogen and oxygen atoms in total. The Labute approximate surface area is 189 Å². The van der Waals surface area contributed by atoms with Gasteiger partial charge >= 0.3 is 0 Å². The van der Waals surface area contributed by atoms with Crippen LogP contribution >= 0.6 is 0 Å². The van der Waals surface area contributed by atoms with E-state index in [9.17, 15) is 13.2 Å². The fraction of sp³-hybridized carbons (Fsp3) is 0.240. The molecule has 0 bridgehead atoms. The second kappa shape index (κ2) is 9.65. The number of benzene rings is 3. The summed E-state index contributed by atoms with van der Waals surface area (Å²) in [5.74, 6) is -0.168. The van der Waals surface area contributed by atoms with E-state index in [1.54, 1.807) is 24.3 Å². The molecule has 3 aromatic rings. The van der Waals surface area contributed by atoms with Crippen LogP contribution in [0.4, 0.5) is 0 Å². The Morgan fingerprint density at radius 1 is 0.812 bits per heavy atom. The first-order valence-electron chi connectivity index (χ1n) is 10.6. The van der Waals surface area contributed by atoms with Gasteiger partial charge in [-0.3, -0.25) is 4.79 Å². The number of rotatable bonds is 6. The van der Waals surface area contributed by atoms with Gasteiger partial charge in [-0.25, -0.2) is 8.42 Å². The van der Waals surface area contributed by atoms with Crippen molar-refractivity contribution >= 4 is 15.9 Å². The molecule has 4 rings (SSSR count). The topological polar surface area (TPSA) is 69.7 Å². The number of hydrogen-bond donors (Lipinski definition) is 1. The fourth-order valence-corrected chi connectivity index (χ4v) is 5.11. The molecule has 0 unspecified atom stereocenters. The van der Waals surface area contributed by atoms with Gasteiger partial charge in [0, 0.05) is 38.3 Å². The van der Waals surface area contributed by atoms with E-state index in [0.717, 1.165) is 29.8 Å². The number of carbonyl (C=O) groups is 1. The number of nitrogens with one attached hydrogen (secondary N) is 1. The maximum atomic E-state index is 12.8. The summed E-state index contributed by atoms with van der Waals surface area (Å²) in [6, 6.07) is 24.2. The van der Waals surface area contributed by atoms with Crippen molar-refractivity contribution < 1.29 is 13.2 Å². The molecular formula is C25H27N3O3S. The molecule has 1 fully saturated rings. The van der Waals surface area contributed by atoms with Crippen molar-refractivity contribution in [3.05, 3.63) is 90.0 Å². The highest BCUT2D eigenvalue weighted by Gasteiger charge is 2.27. The Morgan fingerprint density at radius 3 is 2.03 bits per heavy atom. The number of amides is 1. The predicted molar refractivity (Wildman–Crippen MR) is 126 cm³/mol. The molecule has 0 atom stereocenters. The number of piperazine rings is 1. The third-order valence-electron chi connectivity index (χ3n) is 5.73. The summed E-state index contributed by atoms with van der Waals surface area (Å²) in [5.41, 5.74) is 3.58. The predicted octanol–water partition coefficient (Wildman–Crippen LogP) is 3.22. The summed E-state index contributed by atoms with van der Waals surface area (Å²) in [5, 5.41) is 2.90. The van der Waals surface area contributed by atoms with Crippen molar-refractivity contribution in [3.8, 4) is 11.1 Å². The first kappa shape index (κ1) is 22.2. The lowest BCUT2D eigenvalue weighted by molar-refractivity contribution is 0.0951. The highest BCUT2D eigenvalue weighted by Crippen LogP contribution is 2.20. The Morgan fingerprint density at radius 2 is 1.41 bits per heavy atom. The fourth-order valence-electron chi connectivity index (χ4n) is 3.69. The minimum Gasteiger partial charge on any atom is -0.348 e. The van der Waals surface area contributed by atoms with Gasteiger partial charge < -0.3 is 10.2 Å². The Bertz CT molecular complexity index is 1150. The lowest BCUT2D eigenvalue weighted by Gasteiger charge is -2.31. The summed E-state index contributed by atoms with van der Waals surface area (Å²) in [4.78, 5) is 14.9. The van der Waals surface area contributed by atoms with E-state index in [1.807, 2.05) is 61.6 Å². The Hall–Kier alpha value is -3.00. The van der Waals surface area contributed by atoms with Crippen molar-refractivity contribution in [2.24, 2.45) is 0 Å². The van der Waals surface area contributed by atoms with Gasteiger partial charge in [0.25, 0.3) is 5.91 Å². The molecule has 1 saturated heterocycles. The summed E-state index contributed by atoms with van der Waals surface area (Å²) in [6.07, 6.45) is 0. The number of nitrogens with zero attached hydrogens (tertiary/aromatic N) is 2. The van der Waals surface area contributed by atoms with Crippen LogP contribution in [0, 0.1) is 0 Å². The van der Waals surface area contributed by atoms with Crippen molar-refractivity contribution in [1.29, 1.82) is 0 Å². The number of sulfonamides is 1. The van der Waals surface area contributed by atoms with Crippen LogP contribution < -0.4 is 5.32 Å². The van der Waals surface area contributed by atoms with Gasteiger partial charge in [-0.2, -0.15) is 4.31 Å². The first-order chi connectivity index (χ1) is 15.4. The molecule has 1 heterocycles. The van der Waals surface area contributed by atoms with E-state index in [4.69, 9.17) is 0 Å². The highest BCUT2D eigenvalue weighted by atomic mass is 32.2. The molecule has 0 saturated carbocycles. The van der Waals surface area contributed by atoms with Gasteiger partial charge in [-0.1, -0.05) is 54.6 Å². The van der Waals surface area contributed by atoms with E-state index in [1.165, 1.54) is 4.31 Å². The molecule has 1 amide bonds. The van der Waals surface area contributed by atoms with Crippen molar-refractivity contribution in [2.75, 3.05) is 33.2 Å². The van der Waals surface area contributed by atoms with E-state index in [2.05, 4.69) is 10.2 Å². The maximum Gasteiger partial charge on any atom is 0.251 e. The van der Waals surface area contributed by atoms with Gasteiger partial charge in [0.15, 0.2) is 0 Å². The Kier molecular flexibility index (Phi) is 6.69. The zero-order valence-electron chi connectivity index (χ0n) is 18.1. The molecule has 3 aromatic carbocycles. The Balaban J connectivity index is 1.35. The highest BCUT2D eigenvalue weighted by molar-refractivity contribution is 7.89. The van der Waals surface area contributed by atoms with Crippen LogP contribution in [0.3, 0.4) is 0 Å². The number of likely N-dealkylation sites (N-methyl/N-ethyl adjacent to an activating group) is 1. The van der Waals surface area contributed by atoms with Gasteiger partial charge in [-0.15, -0.1) is 0 Å². The molecule has 166 valence electrons. The molecule has 0 aliphatic carbocycles. The molecule has 1 aliphatic heterocycles. The lowest BCUT2D eigenvalue weighted by atomic mass is 10.0. The largest absolute Gasteiger partial charge is 0.348 e. The monoisotopic (exact) mass is 449 g/mol. The van der Waals surface area contributed by atoms with Gasteiger partial charge in [-0.05, 0) is 48.0 Å². The van der Waals surface area contributed by atoms with Crippen LogP contribution in [-0.4, -0.2) is 56.8 Å². The normalized spacial score (nSPS) is 15.4. The molecule has 1 aliphatic rings. The quantitative estimate of drug-likeness (QED) is 0.627. The summed E-state index contributed by atoms with van der Waals surface area (Å²) < 4.78 is 27.2. The zero-order chi connectivity index (χ0) is 22.6. The minimum atomic E-state index is -3.48. The van der Waals surface area contributed by atoms with Crippen molar-refractivity contribution in [3.63, 3.8) is 0 Å². The van der Waals surface area contributed by atoms with Crippen LogP contribution in [0.1, 0.15) is 15.9 Å². The van der Waals surface area contributed by atoms with Crippen LogP contribution in [0.5, 0.6) is 0 Å².